The zero-order chi connectivity index (χ0) is 16.0. The van der Waals surface area contributed by atoms with Gasteiger partial charge in [0.2, 0.25) is 0 Å². The molecule has 2 atom stereocenters. The molecule has 0 radical (unpaired) electrons. The Morgan fingerprint density at radius 2 is 2.10 bits per heavy atom. The van der Waals surface area contributed by atoms with Crippen LogP contribution in [0.3, 0.4) is 0 Å². The maximum absolute atomic E-state index is 11.4. The highest BCUT2D eigenvalue weighted by molar-refractivity contribution is 6.29. The van der Waals surface area contributed by atoms with Gasteiger partial charge in [-0.05, 0) is 33.3 Å². The molecule has 0 spiro atoms. The smallest absolute Gasteiger partial charge is 0.407 e. The molecule has 0 fully saturated rings. The van der Waals surface area contributed by atoms with Gasteiger partial charge in [0.15, 0.2) is 0 Å². The van der Waals surface area contributed by atoms with Crippen LogP contribution >= 0.6 is 11.6 Å². The van der Waals surface area contributed by atoms with Crippen LogP contribution in [0.25, 0.3) is 0 Å². The van der Waals surface area contributed by atoms with Gasteiger partial charge in [-0.15, -0.1) is 0 Å². The molecule has 1 rings (SSSR count). The minimum absolute atomic E-state index is 0.184. The van der Waals surface area contributed by atoms with Crippen LogP contribution in [0, 0.1) is 0 Å². The fourth-order valence-electron chi connectivity index (χ4n) is 1.58. The molecule has 0 bridgehead atoms. The van der Waals surface area contributed by atoms with Crippen molar-refractivity contribution >= 4 is 17.7 Å². The van der Waals surface area contributed by atoms with Crippen LogP contribution < -0.4 is 5.32 Å². The fourth-order valence-corrected chi connectivity index (χ4v) is 1.69. The van der Waals surface area contributed by atoms with Gasteiger partial charge in [0.25, 0.3) is 0 Å². The molecule has 2 unspecified atom stereocenters. The summed E-state index contributed by atoms with van der Waals surface area (Å²) in [6.45, 7) is 5.48. The van der Waals surface area contributed by atoms with E-state index in [1.165, 1.54) is 12.3 Å². The normalized spacial score (nSPS) is 14.4. The number of carbonyl (C=O) groups excluding carboxylic acids is 1. The Hall–Kier alpha value is -1.37. The van der Waals surface area contributed by atoms with E-state index in [9.17, 15) is 15.0 Å². The van der Waals surface area contributed by atoms with Crippen molar-refractivity contribution in [2.24, 2.45) is 0 Å². The molecule has 21 heavy (non-hydrogen) atoms. The van der Waals surface area contributed by atoms with Crippen LogP contribution in [-0.2, 0) is 4.74 Å². The Bertz CT molecular complexity index is 459. The van der Waals surface area contributed by atoms with Crippen molar-refractivity contribution in [1.29, 1.82) is 0 Å². The van der Waals surface area contributed by atoms with Crippen molar-refractivity contribution in [2.45, 2.75) is 45.0 Å². The number of aromatic nitrogens is 1. The zero-order valence-electron chi connectivity index (χ0n) is 12.3. The van der Waals surface area contributed by atoms with Crippen LogP contribution in [0.5, 0.6) is 0 Å². The molecule has 3 N–H and O–H groups in total. The second-order valence-corrected chi connectivity index (χ2v) is 6.03. The first-order chi connectivity index (χ1) is 9.69. The number of hydrogen-bond donors (Lipinski definition) is 3. The largest absolute Gasteiger partial charge is 0.444 e. The van der Waals surface area contributed by atoms with Gasteiger partial charge in [-0.1, -0.05) is 17.7 Å². The van der Waals surface area contributed by atoms with E-state index in [4.69, 9.17) is 16.3 Å². The summed E-state index contributed by atoms with van der Waals surface area (Å²) in [6.07, 6.45) is -1.09. The maximum atomic E-state index is 11.4. The SMILES string of the molecule is CC(C)(C)OC(=O)NCCC(O)C(O)c1ccc(Cl)nc1. The first-order valence-corrected chi connectivity index (χ1v) is 7.01. The van der Waals surface area contributed by atoms with E-state index in [1.54, 1.807) is 26.8 Å². The van der Waals surface area contributed by atoms with Gasteiger partial charge < -0.3 is 20.3 Å². The van der Waals surface area contributed by atoms with E-state index in [2.05, 4.69) is 10.3 Å². The quantitative estimate of drug-likeness (QED) is 0.723. The summed E-state index contributed by atoms with van der Waals surface area (Å²) in [5.74, 6) is 0. The molecule has 6 nitrogen and oxygen atoms in total. The van der Waals surface area contributed by atoms with Gasteiger partial charge >= 0.3 is 6.09 Å². The van der Waals surface area contributed by atoms with Gasteiger partial charge in [-0.2, -0.15) is 0 Å². The van der Waals surface area contributed by atoms with Crippen molar-refractivity contribution in [2.75, 3.05) is 6.54 Å². The number of nitrogens with one attached hydrogen (secondary N) is 1. The second-order valence-electron chi connectivity index (χ2n) is 5.64. The van der Waals surface area contributed by atoms with E-state index in [1.807, 2.05) is 0 Å². The molecule has 1 amide bonds. The lowest BCUT2D eigenvalue weighted by Crippen LogP contribution is -2.34. The number of aliphatic hydroxyl groups excluding tert-OH is 2. The lowest BCUT2D eigenvalue weighted by atomic mass is 10.0. The van der Waals surface area contributed by atoms with E-state index in [0.717, 1.165) is 0 Å². The molecular formula is C14H21ClN2O4. The lowest BCUT2D eigenvalue weighted by molar-refractivity contribution is 0.0121. The summed E-state index contributed by atoms with van der Waals surface area (Å²) in [5.41, 5.74) is -0.110. The summed E-state index contributed by atoms with van der Waals surface area (Å²) in [5, 5.41) is 22.7. The van der Waals surface area contributed by atoms with Crippen molar-refractivity contribution in [3.8, 4) is 0 Å². The Morgan fingerprint density at radius 1 is 1.43 bits per heavy atom. The molecule has 0 aromatic carbocycles. The Balaban J connectivity index is 2.38. The number of nitrogens with zero attached hydrogens (tertiary/aromatic N) is 1. The van der Waals surface area contributed by atoms with Crippen molar-refractivity contribution < 1.29 is 19.7 Å². The number of carbonyl (C=O) groups is 1. The number of pyridine rings is 1. The summed E-state index contributed by atoms with van der Waals surface area (Å²) in [7, 11) is 0. The third kappa shape index (κ3) is 6.75. The van der Waals surface area contributed by atoms with Gasteiger partial charge in [-0.3, -0.25) is 0 Å². The van der Waals surface area contributed by atoms with Crippen LogP contribution in [0.4, 0.5) is 4.79 Å². The summed E-state index contributed by atoms with van der Waals surface area (Å²) in [4.78, 5) is 15.3. The molecule has 0 aliphatic heterocycles. The first kappa shape index (κ1) is 17.7. The molecule has 0 aliphatic carbocycles. The van der Waals surface area contributed by atoms with Crippen LogP contribution in [0.1, 0.15) is 38.9 Å². The van der Waals surface area contributed by atoms with E-state index < -0.39 is 23.9 Å². The van der Waals surface area contributed by atoms with Crippen molar-refractivity contribution in [1.82, 2.24) is 10.3 Å². The molecule has 118 valence electrons. The topological polar surface area (TPSA) is 91.7 Å². The molecule has 0 aliphatic rings. The highest BCUT2D eigenvalue weighted by Crippen LogP contribution is 2.19. The number of ether oxygens (including phenoxy) is 1. The number of hydrogen-bond acceptors (Lipinski definition) is 5. The van der Waals surface area contributed by atoms with E-state index in [0.29, 0.717) is 10.7 Å². The predicted molar refractivity (Wildman–Crippen MR) is 79.1 cm³/mol. The highest BCUT2D eigenvalue weighted by Gasteiger charge is 2.20. The number of amides is 1. The monoisotopic (exact) mass is 316 g/mol. The standard InChI is InChI=1S/C14H21ClN2O4/c1-14(2,3)21-13(20)16-7-6-10(18)12(19)9-4-5-11(15)17-8-9/h4-5,8,10,12,18-19H,6-7H2,1-3H3,(H,16,20). The maximum Gasteiger partial charge on any atom is 0.407 e. The number of rotatable bonds is 5. The first-order valence-electron chi connectivity index (χ1n) is 6.63. The summed E-state index contributed by atoms with van der Waals surface area (Å²) < 4.78 is 5.06. The van der Waals surface area contributed by atoms with Gasteiger partial charge in [0.05, 0.1) is 6.10 Å². The lowest BCUT2D eigenvalue weighted by Gasteiger charge is -2.21. The summed E-state index contributed by atoms with van der Waals surface area (Å²) in [6, 6.07) is 3.12. The van der Waals surface area contributed by atoms with Gasteiger partial charge in [0, 0.05) is 18.3 Å². The average molecular weight is 317 g/mol. The number of alkyl carbamates (subject to hydrolysis) is 1. The van der Waals surface area contributed by atoms with Gasteiger partial charge in [-0.25, -0.2) is 9.78 Å². The summed E-state index contributed by atoms with van der Waals surface area (Å²) >= 11 is 5.65. The van der Waals surface area contributed by atoms with Crippen LogP contribution in [0.2, 0.25) is 5.15 Å². The molecule has 1 aromatic heterocycles. The Labute approximate surface area is 129 Å². The Morgan fingerprint density at radius 3 is 2.62 bits per heavy atom. The number of aliphatic hydroxyl groups is 2. The Kier molecular flexibility index (Phi) is 6.39. The molecule has 1 heterocycles. The molecule has 1 aromatic rings. The number of halogens is 1. The molecular weight excluding hydrogens is 296 g/mol. The second kappa shape index (κ2) is 7.59. The third-order valence-corrected chi connectivity index (χ3v) is 2.79. The minimum atomic E-state index is -1.09. The van der Waals surface area contributed by atoms with E-state index >= 15 is 0 Å². The fraction of sp³-hybridized carbons (Fsp3) is 0.571. The van der Waals surface area contributed by atoms with Crippen LogP contribution in [0.15, 0.2) is 18.3 Å². The van der Waals surface area contributed by atoms with E-state index in [-0.39, 0.29) is 13.0 Å². The minimum Gasteiger partial charge on any atom is -0.444 e. The highest BCUT2D eigenvalue weighted by atomic mass is 35.5. The molecule has 7 heteroatoms. The van der Waals surface area contributed by atoms with Gasteiger partial charge in [0.1, 0.15) is 16.9 Å². The van der Waals surface area contributed by atoms with Crippen molar-refractivity contribution in [3.63, 3.8) is 0 Å². The van der Waals surface area contributed by atoms with Crippen molar-refractivity contribution in [3.05, 3.63) is 29.0 Å². The van der Waals surface area contributed by atoms with Crippen LogP contribution in [-0.4, -0.2) is 39.5 Å². The third-order valence-electron chi connectivity index (χ3n) is 2.56. The molecule has 0 saturated heterocycles. The predicted octanol–water partition coefficient (Wildman–Crippen LogP) is 2.04. The average Bonchev–Trinajstić information content (AvgIpc) is 2.36. The molecule has 0 saturated carbocycles. The zero-order valence-corrected chi connectivity index (χ0v) is 13.1.